The first kappa shape index (κ1) is 8.33. The number of hydrogen-bond donors (Lipinski definition) is 1. The summed E-state index contributed by atoms with van der Waals surface area (Å²) in [6.45, 7) is 0. The molecule has 0 heterocycles. The van der Waals surface area contributed by atoms with Crippen LogP contribution in [0.3, 0.4) is 0 Å². The number of aromatic hydroxyl groups is 1. The molecule has 2 nitrogen and oxygen atoms in total. The van der Waals surface area contributed by atoms with E-state index >= 15 is 0 Å². The number of phenolic OH excluding ortho intramolecular Hbond substituents is 1. The lowest BCUT2D eigenvalue weighted by atomic mass is 10.3. The van der Waals surface area contributed by atoms with E-state index in [1.807, 2.05) is 0 Å². The van der Waals surface area contributed by atoms with Gasteiger partial charge in [-0.25, -0.2) is 4.39 Å². The van der Waals surface area contributed by atoms with E-state index in [4.69, 9.17) is 9.84 Å². The normalized spacial score (nSPS) is 9.73. The molecule has 60 valence electrons. The molecule has 0 fully saturated rings. The van der Waals surface area contributed by atoms with Crippen molar-refractivity contribution in [3.05, 3.63) is 22.4 Å². The van der Waals surface area contributed by atoms with Gasteiger partial charge in [-0.1, -0.05) is 0 Å². The molecule has 0 aliphatic carbocycles. The second kappa shape index (κ2) is 3.09. The van der Waals surface area contributed by atoms with Gasteiger partial charge in [0.15, 0.2) is 11.6 Å². The van der Waals surface area contributed by atoms with Crippen LogP contribution in [0.4, 0.5) is 4.39 Å². The molecule has 1 N–H and O–H groups in total. The average Bonchev–Trinajstić information content (AvgIpc) is 1.97. The minimum Gasteiger partial charge on any atom is -0.505 e. The van der Waals surface area contributed by atoms with Crippen molar-refractivity contribution in [2.75, 3.05) is 7.11 Å². The third-order valence-electron chi connectivity index (χ3n) is 1.22. The van der Waals surface area contributed by atoms with Gasteiger partial charge >= 0.3 is 0 Å². The van der Waals surface area contributed by atoms with E-state index in [0.717, 1.165) is 6.07 Å². The molecule has 0 bridgehead atoms. The Hall–Kier alpha value is -0.770. The van der Waals surface area contributed by atoms with E-state index in [2.05, 4.69) is 15.9 Å². The largest absolute Gasteiger partial charge is 0.505 e. The Kier molecular flexibility index (Phi) is 2.34. The molecule has 0 aliphatic heterocycles. The first-order chi connectivity index (χ1) is 5.15. The van der Waals surface area contributed by atoms with Gasteiger partial charge < -0.3 is 9.84 Å². The molecule has 0 amide bonds. The van der Waals surface area contributed by atoms with Crippen molar-refractivity contribution in [2.24, 2.45) is 0 Å². The van der Waals surface area contributed by atoms with Gasteiger partial charge in [0.25, 0.3) is 0 Å². The zero-order valence-electron chi connectivity index (χ0n) is 5.77. The monoisotopic (exact) mass is 220 g/mol. The molecule has 0 spiro atoms. The van der Waals surface area contributed by atoms with E-state index in [0.29, 0.717) is 10.2 Å². The highest BCUT2D eigenvalue weighted by Crippen LogP contribution is 2.30. The summed E-state index contributed by atoms with van der Waals surface area (Å²) in [6.07, 6.45) is 0. The second-order valence-corrected chi connectivity index (χ2v) is 2.79. The molecule has 1 aromatic carbocycles. The first-order valence-corrected chi connectivity index (χ1v) is 3.66. The smallest absolute Gasteiger partial charge is 0.168 e. The van der Waals surface area contributed by atoms with Gasteiger partial charge in [-0.15, -0.1) is 0 Å². The lowest BCUT2D eigenvalue weighted by Gasteiger charge is -2.03. The van der Waals surface area contributed by atoms with Gasteiger partial charge in [0, 0.05) is 12.1 Å². The summed E-state index contributed by atoms with van der Waals surface area (Å²) in [6, 6.07) is 2.35. The molecule has 1 aromatic rings. The van der Waals surface area contributed by atoms with Crippen molar-refractivity contribution in [3.63, 3.8) is 0 Å². The summed E-state index contributed by atoms with van der Waals surface area (Å²) < 4.78 is 17.9. The summed E-state index contributed by atoms with van der Waals surface area (Å²) in [7, 11) is 1.43. The van der Waals surface area contributed by atoms with Gasteiger partial charge in [-0.05, 0) is 15.9 Å². The number of phenols is 1. The predicted octanol–water partition coefficient (Wildman–Crippen LogP) is 2.30. The zero-order chi connectivity index (χ0) is 8.43. The number of benzene rings is 1. The van der Waals surface area contributed by atoms with Gasteiger partial charge in [0.2, 0.25) is 0 Å². The number of hydrogen-bond acceptors (Lipinski definition) is 2. The third-order valence-corrected chi connectivity index (χ3v) is 1.84. The van der Waals surface area contributed by atoms with E-state index in [9.17, 15) is 4.39 Å². The zero-order valence-corrected chi connectivity index (χ0v) is 7.35. The Morgan fingerprint density at radius 2 is 2.18 bits per heavy atom. The van der Waals surface area contributed by atoms with Crippen LogP contribution in [0.25, 0.3) is 0 Å². The predicted molar refractivity (Wildman–Crippen MR) is 42.3 cm³/mol. The molecule has 0 radical (unpaired) electrons. The van der Waals surface area contributed by atoms with Crippen LogP contribution in [0.1, 0.15) is 0 Å². The molecule has 0 saturated carbocycles. The summed E-state index contributed by atoms with van der Waals surface area (Å²) in [4.78, 5) is 0. The fourth-order valence-corrected chi connectivity index (χ4v) is 1.17. The maximum absolute atomic E-state index is 12.6. The Bertz CT molecular complexity index is 275. The Balaban J connectivity index is 3.21. The quantitative estimate of drug-likeness (QED) is 0.788. The molecule has 1 rings (SSSR count). The van der Waals surface area contributed by atoms with E-state index in [1.165, 1.54) is 13.2 Å². The van der Waals surface area contributed by atoms with E-state index in [1.54, 1.807) is 0 Å². The van der Waals surface area contributed by atoms with Crippen LogP contribution < -0.4 is 4.74 Å². The molecule has 0 aliphatic rings. The molecule has 11 heavy (non-hydrogen) atoms. The average molecular weight is 221 g/mol. The lowest BCUT2D eigenvalue weighted by Crippen LogP contribution is -1.86. The van der Waals surface area contributed by atoms with Crippen molar-refractivity contribution in [2.45, 2.75) is 0 Å². The standard InChI is InChI=1S/C7H6BrFO2/c1-11-7-3-5(9)6(10)2-4(7)8/h2-3,10H,1H3. The number of methoxy groups -OCH3 is 1. The van der Waals surface area contributed by atoms with Crippen LogP contribution in [0.15, 0.2) is 16.6 Å². The fourth-order valence-electron chi connectivity index (χ4n) is 0.675. The van der Waals surface area contributed by atoms with Crippen molar-refractivity contribution >= 4 is 15.9 Å². The van der Waals surface area contributed by atoms with Crippen molar-refractivity contribution in [1.29, 1.82) is 0 Å². The third kappa shape index (κ3) is 1.63. The molecule has 0 unspecified atom stereocenters. The Labute approximate surface area is 71.7 Å². The lowest BCUT2D eigenvalue weighted by molar-refractivity contribution is 0.396. The summed E-state index contributed by atoms with van der Waals surface area (Å²) >= 11 is 3.09. The maximum atomic E-state index is 12.6. The van der Waals surface area contributed by atoms with Crippen LogP contribution in [0.2, 0.25) is 0 Å². The first-order valence-electron chi connectivity index (χ1n) is 2.87. The van der Waals surface area contributed by atoms with Gasteiger partial charge in [0.1, 0.15) is 5.75 Å². The Morgan fingerprint density at radius 3 is 2.73 bits per heavy atom. The van der Waals surface area contributed by atoms with Crippen LogP contribution in [-0.2, 0) is 0 Å². The number of ether oxygens (including phenoxy) is 1. The van der Waals surface area contributed by atoms with Gasteiger partial charge in [-0.2, -0.15) is 0 Å². The van der Waals surface area contributed by atoms with Crippen LogP contribution in [0, 0.1) is 5.82 Å². The molecular formula is C7H6BrFO2. The summed E-state index contributed by atoms with van der Waals surface area (Å²) in [5, 5.41) is 8.86. The highest BCUT2D eigenvalue weighted by Gasteiger charge is 2.06. The molecule has 0 aromatic heterocycles. The number of halogens is 2. The van der Waals surface area contributed by atoms with Crippen molar-refractivity contribution in [3.8, 4) is 11.5 Å². The molecule has 0 atom stereocenters. The van der Waals surface area contributed by atoms with E-state index in [-0.39, 0.29) is 0 Å². The SMILES string of the molecule is COc1cc(F)c(O)cc1Br. The van der Waals surface area contributed by atoms with Crippen molar-refractivity contribution < 1.29 is 14.2 Å². The Morgan fingerprint density at radius 1 is 1.55 bits per heavy atom. The van der Waals surface area contributed by atoms with Gasteiger partial charge in [-0.3, -0.25) is 0 Å². The summed E-state index contributed by atoms with van der Waals surface area (Å²) in [5.74, 6) is -0.719. The molecular weight excluding hydrogens is 215 g/mol. The topological polar surface area (TPSA) is 29.5 Å². The van der Waals surface area contributed by atoms with Crippen LogP contribution >= 0.6 is 15.9 Å². The fraction of sp³-hybridized carbons (Fsp3) is 0.143. The highest BCUT2D eigenvalue weighted by atomic mass is 79.9. The van der Waals surface area contributed by atoms with Gasteiger partial charge in [0.05, 0.1) is 11.6 Å². The summed E-state index contributed by atoms with van der Waals surface area (Å²) in [5.41, 5.74) is 0. The molecule has 0 saturated heterocycles. The molecule has 4 heteroatoms. The van der Waals surface area contributed by atoms with E-state index < -0.39 is 11.6 Å². The van der Waals surface area contributed by atoms with Crippen LogP contribution in [-0.4, -0.2) is 12.2 Å². The number of rotatable bonds is 1. The maximum Gasteiger partial charge on any atom is 0.168 e. The second-order valence-electron chi connectivity index (χ2n) is 1.94. The minimum atomic E-state index is -0.690. The highest BCUT2D eigenvalue weighted by molar-refractivity contribution is 9.10. The van der Waals surface area contributed by atoms with Crippen LogP contribution in [0.5, 0.6) is 11.5 Å². The van der Waals surface area contributed by atoms with Crippen molar-refractivity contribution in [1.82, 2.24) is 0 Å². The minimum absolute atomic E-state index is 0.361.